The molecule has 3 saturated heterocycles. The lowest BCUT2D eigenvalue weighted by atomic mass is 9.95. The number of rotatable bonds is 5. The van der Waals surface area contributed by atoms with E-state index in [1.807, 2.05) is 35.3 Å². The van der Waals surface area contributed by atoms with Crippen molar-refractivity contribution in [3.63, 3.8) is 0 Å². The van der Waals surface area contributed by atoms with Gasteiger partial charge in [0.05, 0.1) is 6.10 Å². The summed E-state index contributed by atoms with van der Waals surface area (Å²) in [5.41, 5.74) is 3.19. The molecule has 0 unspecified atom stereocenters. The molecule has 1 atom stereocenters. The van der Waals surface area contributed by atoms with E-state index in [1.54, 1.807) is 12.1 Å². The molecule has 6 nitrogen and oxygen atoms in total. The van der Waals surface area contributed by atoms with Crippen LogP contribution in [0, 0.1) is 5.92 Å². The summed E-state index contributed by atoms with van der Waals surface area (Å²) in [5, 5.41) is 14.2. The number of hydrogen-bond acceptors (Lipinski definition) is 4. The van der Waals surface area contributed by atoms with Crippen molar-refractivity contribution in [3.8, 4) is 11.1 Å². The van der Waals surface area contributed by atoms with E-state index in [9.17, 15) is 23.5 Å². The second-order valence-corrected chi connectivity index (χ2v) is 10.8. The molecule has 0 radical (unpaired) electrons. The second-order valence-electron chi connectivity index (χ2n) is 10.4. The molecule has 0 aliphatic carbocycles. The van der Waals surface area contributed by atoms with Crippen LogP contribution in [0.1, 0.15) is 48.0 Å². The molecule has 3 fully saturated rings. The molecule has 1 N–H and O–H groups in total. The molecule has 2 amide bonds. The van der Waals surface area contributed by atoms with Crippen molar-refractivity contribution in [1.29, 1.82) is 0 Å². The molecular weight excluding hydrogens is 500 g/mol. The van der Waals surface area contributed by atoms with Crippen LogP contribution < -0.4 is 0 Å². The minimum absolute atomic E-state index is 0.0626. The van der Waals surface area contributed by atoms with Crippen molar-refractivity contribution in [1.82, 2.24) is 14.9 Å². The average Bonchev–Trinajstić information content (AvgIpc) is 3.25. The van der Waals surface area contributed by atoms with Crippen molar-refractivity contribution < 1.29 is 23.5 Å². The summed E-state index contributed by atoms with van der Waals surface area (Å²) in [6, 6.07) is 12.9. The lowest BCUT2D eigenvalue weighted by Gasteiger charge is -2.36. The fraction of sp³-hybridized carbons (Fsp3) is 0.500. The summed E-state index contributed by atoms with van der Waals surface area (Å²) >= 11 is 6.63. The van der Waals surface area contributed by atoms with Gasteiger partial charge in [-0.1, -0.05) is 35.9 Å². The smallest absolute Gasteiger partial charge is 0.253 e. The van der Waals surface area contributed by atoms with Gasteiger partial charge in [0.25, 0.3) is 11.8 Å². The Bertz CT molecular complexity index is 1140. The number of carbonyl (C=O) groups is 2. The minimum Gasteiger partial charge on any atom is -0.393 e. The molecule has 3 aliphatic rings. The first-order valence-electron chi connectivity index (χ1n) is 13.0. The first-order valence-corrected chi connectivity index (χ1v) is 13.4. The zero-order valence-electron chi connectivity index (χ0n) is 20.7. The lowest BCUT2D eigenvalue weighted by Crippen LogP contribution is -2.49. The first kappa shape index (κ1) is 26.1. The zero-order chi connectivity index (χ0) is 26.2. The molecule has 9 heteroatoms. The maximum Gasteiger partial charge on any atom is 0.253 e. The highest BCUT2D eigenvalue weighted by Gasteiger charge is 2.37. The summed E-state index contributed by atoms with van der Waals surface area (Å²) in [4.78, 5) is 27.2. The summed E-state index contributed by atoms with van der Waals surface area (Å²) in [6.07, 6.45) is 1.86. The molecule has 0 spiro atoms. The van der Waals surface area contributed by atoms with Crippen LogP contribution in [-0.2, 0) is 11.2 Å². The van der Waals surface area contributed by atoms with Crippen molar-refractivity contribution in [3.05, 3.63) is 58.6 Å². The number of halogens is 3. The standard InChI is InChI=1S/C28H32ClF2N3O3/c29-25-18-21(19-1-3-20(4-2-19)26(36)32-15-10-28(30,31)11-16-32)5-6-22(25)17-23-7-14-34(27(23)37)33-12-8-24(35)9-13-33/h1-6,18,23-24,35H,7-17H2/t23-/m0/s1. The third-order valence-corrected chi connectivity index (χ3v) is 8.19. The minimum atomic E-state index is -2.69. The van der Waals surface area contributed by atoms with Gasteiger partial charge in [-0.15, -0.1) is 0 Å². The number of likely N-dealkylation sites (tertiary alicyclic amines) is 1. The van der Waals surface area contributed by atoms with E-state index in [4.69, 9.17) is 11.6 Å². The van der Waals surface area contributed by atoms with E-state index in [0.717, 1.165) is 23.1 Å². The van der Waals surface area contributed by atoms with Gasteiger partial charge in [0.1, 0.15) is 0 Å². The van der Waals surface area contributed by atoms with Gasteiger partial charge < -0.3 is 10.0 Å². The number of aliphatic hydroxyl groups is 1. The number of hydrazine groups is 1. The number of piperidine rings is 2. The molecule has 0 aromatic heterocycles. The predicted octanol–water partition coefficient (Wildman–Crippen LogP) is 4.64. The Hall–Kier alpha value is -2.55. The summed E-state index contributed by atoms with van der Waals surface area (Å²) in [7, 11) is 0. The molecule has 37 heavy (non-hydrogen) atoms. The number of aliphatic hydroxyl groups excluding tert-OH is 1. The van der Waals surface area contributed by atoms with Crippen LogP contribution in [0.3, 0.4) is 0 Å². The maximum absolute atomic E-state index is 13.4. The summed E-state index contributed by atoms with van der Waals surface area (Å²) in [5.74, 6) is -2.91. The van der Waals surface area contributed by atoms with Crippen molar-refractivity contribution >= 4 is 23.4 Å². The van der Waals surface area contributed by atoms with Gasteiger partial charge in [-0.05, 0) is 60.6 Å². The van der Waals surface area contributed by atoms with Crippen LogP contribution in [-0.4, -0.2) is 76.6 Å². The molecule has 3 heterocycles. The molecule has 0 bridgehead atoms. The predicted molar refractivity (Wildman–Crippen MR) is 137 cm³/mol. The second kappa shape index (κ2) is 10.7. The number of nitrogens with zero attached hydrogens (tertiary/aromatic N) is 3. The SMILES string of the molecule is O=C(c1ccc(-c2ccc(C[C@@H]3CCN(N4CCC(O)CC4)C3=O)c(Cl)c2)cc1)N1CCC(F)(F)CC1. The Morgan fingerprint density at radius 2 is 1.59 bits per heavy atom. The van der Waals surface area contributed by atoms with E-state index in [2.05, 4.69) is 5.01 Å². The number of benzene rings is 2. The number of amides is 2. The van der Waals surface area contributed by atoms with Gasteiger partial charge in [-0.2, -0.15) is 0 Å². The Labute approximate surface area is 220 Å². The molecule has 2 aromatic rings. The van der Waals surface area contributed by atoms with Gasteiger partial charge in [0.2, 0.25) is 5.91 Å². The third kappa shape index (κ3) is 5.81. The van der Waals surface area contributed by atoms with Crippen molar-refractivity contribution in [2.45, 2.75) is 50.6 Å². The van der Waals surface area contributed by atoms with Gasteiger partial charge >= 0.3 is 0 Å². The van der Waals surface area contributed by atoms with Crippen LogP contribution in [0.2, 0.25) is 5.02 Å². The third-order valence-electron chi connectivity index (χ3n) is 7.84. The topological polar surface area (TPSA) is 64.1 Å². The van der Waals surface area contributed by atoms with Crippen molar-refractivity contribution in [2.75, 3.05) is 32.7 Å². The van der Waals surface area contributed by atoms with Gasteiger partial charge in [0, 0.05) is 62.1 Å². The Kier molecular flexibility index (Phi) is 7.52. The van der Waals surface area contributed by atoms with Crippen LogP contribution in [0.5, 0.6) is 0 Å². The zero-order valence-corrected chi connectivity index (χ0v) is 21.5. The van der Waals surface area contributed by atoms with Crippen molar-refractivity contribution in [2.24, 2.45) is 5.92 Å². The van der Waals surface area contributed by atoms with Crippen LogP contribution in [0.4, 0.5) is 8.78 Å². The maximum atomic E-state index is 13.4. The van der Waals surface area contributed by atoms with E-state index in [0.29, 0.717) is 49.5 Å². The molecule has 3 aliphatic heterocycles. The number of alkyl halides is 2. The lowest BCUT2D eigenvalue weighted by molar-refractivity contribution is -0.149. The highest BCUT2D eigenvalue weighted by Crippen LogP contribution is 2.32. The molecule has 2 aromatic carbocycles. The van der Waals surface area contributed by atoms with E-state index in [-0.39, 0.29) is 49.8 Å². The molecule has 198 valence electrons. The highest BCUT2D eigenvalue weighted by atomic mass is 35.5. The molecule has 5 rings (SSSR count). The van der Waals surface area contributed by atoms with E-state index >= 15 is 0 Å². The Morgan fingerprint density at radius 1 is 0.946 bits per heavy atom. The fourth-order valence-electron chi connectivity index (χ4n) is 5.47. The van der Waals surface area contributed by atoms with Gasteiger partial charge in [-0.25, -0.2) is 13.8 Å². The average molecular weight is 532 g/mol. The Morgan fingerprint density at radius 3 is 2.24 bits per heavy atom. The largest absolute Gasteiger partial charge is 0.393 e. The van der Waals surface area contributed by atoms with Crippen LogP contribution in [0.15, 0.2) is 42.5 Å². The van der Waals surface area contributed by atoms with E-state index < -0.39 is 5.92 Å². The quantitative estimate of drug-likeness (QED) is 0.610. The fourth-order valence-corrected chi connectivity index (χ4v) is 5.73. The summed E-state index contributed by atoms with van der Waals surface area (Å²) in [6.45, 7) is 2.22. The Balaban J connectivity index is 1.20. The highest BCUT2D eigenvalue weighted by molar-refractivity contribution is 6.31. The van der Waals surface area contributed by atoms with E-state index in [1.165, 1.54) is 4.90 Å². The number of carbonyl (C=O) groups excluding carboxylic acids is 2. The monoisotopic (exact) mass is 531 g/mol. The van der Waals surface area contributed by atoms with Crippen LogP contribution >= 0.6 is 11.6 Å². The summed E-state index contributed by atoms with van der Waals surface area (Å²) < 4.78 is 26.8. The molecule has 0 saturated carbocycles. The van der Waals surface area contributed by atoms with Gasteiger partial charge in [0.15, 0.2) is 0 Å². The van der Waals surface area contributed by atoms with Crippen LogP contribution in [0.25, 0.3) is 11.1 Å². The number of hydrogen-bond donors (Lipinski definition) is 1. The normalized spacial score (nSPS) is 23.0. The van der Waals surface area contributed by atoms with Gasteiger partial charge in [-0.3, -0.25) is 14.6 Å². The first-order chi connectivity index (χ1) is 17.7. The molecular formula is C28H32ClF2N3O3.